The van der Waals surface area contributed by atoms with E-state index in [4.69, 9.17) is 0 Å². The van der Waals surface area contributed by atoms with Crippen LogP contribution in [-0.2, 0) is 11.3 Å². The molecule has 0 saturated heterocycles. The van der Waals surface area contributed by atoms with Gasteiger partial charge in [0.1, 0.15) is 6.04 Å². The van der Waals surface area contributed by atoms with Crippen LogP contribution in [0.1, 0.15) is 31.6 Å². The molecular formula is C13H19NO2S. The Bertz CT molecular complexity index is 371. The summed E-state index contributed by atoms with van der Waals surface area (Å²) in [6.07, 6.45) is 2.12. The van der Waals surface area contributed by atoms with E-state index in [0.717, 1.165) is 19.4 Å². The van der Waals surface area contributed by atoms with E-state index in [-0.39, 0.29) is 12.1 Å². The highest BCUT2D eigenvalue weighted by Gasteiger charge is 2.41. The molecule has 4 heteroatoms. The van der Waals surface area contributed by atoms with Gasteiger partial charge in [-0.2, -0.15) is 0 Å². The van der Waals surface area contributed by atoms with E-state index in [2.05, 4.69) is 24.8 Å². The second-order valence-corrected chi connectivity index (χ2v) is 6.00. The zero-order chi connectivity index (χ0) is 12.4. The predicted molar refractivity (Wildman–Crippen MR) is 69.1 cm³/mol. The van der Waals surface area contributed by atoms with Crippen LogP contribution < -0.4 is 0 Å². The Balaban J connectivity index is 2.12. The molecular weight excluding hydrogens is 234 g/mol. The van der Waals surface area contributed by atoms with Gasteiger partial charge in [0.25, 0.3) is 0 Å². The van der Waals surface area contributed by atoms with Crippen molar-refractivity contribution in [1.82, 2.24) is 4.90 Å². The van der Waals surface area contributed by atoms with Crippen molar-refractivity contribution in [3.05, 3.63) is 22.4 Å². The van der Waals surface area contributed by atoms with Gasteiger partial charge in [0, 0.05) is 17.5 Å². The highest BCUT2D eigenvalue weighted by Crippen LogP contribution is 2.37. The minimum Gasteiger partial charge on any atom is -0.480 e. The summed E-state index contributed by atoms with van der Waals surface area (Å²) in [7, 11) is 0. The average molecular weight is 253 g/mol. The van der Waals surface area contributed by atoms with Crippen LogP contribution in [0.15, 0.2) is 17.5 Å². The molecule has 0 spiro atoms. The summed E-state index contributed by atoms with van der Waals surface area (Å²) in [4.78, 5) is 14.8. The maximum atomic E-state index is 11.4. The smallest absolute Gasteiger partial charge is 0.321 e. The predicted octanol–water partition coefficient (Wildman–Crippen LogP) is 2.82. The summed E-state index contributed by atoms with van der Waals surface area (Å²) in [6.45, 7) is 4.90. The van der Waals surface area contributed by atoms with Crippen LogP contribution >= 0.6 is 11.3 Å². The minimum atomic E-state index is -0.669. The quantitative estimate of drug-likeness (QED) is 0.847. The fourth-order valence-corrected chi connectivity index (χ4v) is 2.92. The Morgan fingerprint density at radius 3 is 2.71 bits per heavy atom. The molecule has 0 aromatic carbocycles. The Labute approximate surface area is 106 Å². The minimum absolute atomic E-state index is 0.263. The van der Waals surface area contributed by atoms with Crippen molar-refractivity contribution in [3.8, 4) is 0 Å². The standard InChI is InChI=1S/C13H19NO2S/c1-9(2)14(8-11-4-3-7-17-11)12(13(15)16)10-5-6-10/h3-4,7,9-10,12H,5-6,8H2,1-2H3,(H,15,16). The molecule has 3 nitrogen and oxygen atoms in total. The lowest BCUT2D eigenvalue weighted by molar-refractivity contribution is -0.145. The molecule has 0 amide bonds. The summed E-state index contributed by atoms with van der Waals surface area (Å²) < 4.78 is 0. The Morgan fingerprint density at radius 1 is 1.59 bits per heavy atom. The molecule has 17 heavy (non-hydrogen) atoms. The van der Waals surface area contributed by atoms with E-state index >= 15 is 0 Å². The van der Waals surface area contributed by atoms with Crippen molar-refractivity contribution >= 4 is 17.3 Å². The van der Waals surface area contributed by atoms with E-state index < -0.39 is 5.97 Å². The molecule has 0 radical (unpaired) electrons. The van der Waals surface area contributed by atoms with E-state index in [1.807, 2.05) is 11.4 Å². The average Bonchev–Trinajstić information content (AvgIpc) is 2.93. The van der Waals surface area contributed by atoms with Crippen LogP contribution in [-0.4, -0.2) is 28.1 Å². The van der Waals surface area contributed by atoms with Crippen molar-refractivity contribution in [2.75, 3.05) is 0 Å². The summed E-state index contributed by atoms with van der Waals surface area (Å²) in [6, 6.07) is 4.05. The van der Waals surface area contributed by atoms with Crippen molar-refractivity contribution in [2.45, 2.75) is 45.3 Å². The summed E-state index contributed by atoms with van der Waals surface area (Å²) in [5.74, 6) is -0.312. The van der Waals surface area contributed by atoms with Crippen molar-refractivity contribution in [1.29, 1.82) is 0 Å². The molecule has 1 unspecified atom stereocenters. The second kappa shape index (κ2) is 5.19. The van der Waals surface area contributed by atoms with Gasteiger partial charge in [-0.25, -0.2) is 0 Å². The third-order valence-corrected chi connectivity index (χ3v) is 4.12. The first-order valence-electron chi connectivity index (χ1n) is 6.10. The number of aliphatic carboxylic acids is 1. The first kappa shape index (κ1) is 12.6. The fraction of sp³-hybridized carbons (Fsp3) is 0.615. The number of carboxylic acid groups (broad SMARTS) is 1. The molecule has 1 fully saturated rings. The molecule has 1 aliphatic rings. The molecule has 2 rings (SSSR count). The highest BCUT2D eigenvalue weighted by atomic mass is 32.1. The SMILES string of the molecule is CC(C)N(Cc1cccs1)C(C(=O)O)C1CC1. The second-order valence-electron chi connectivity index (χ2n) is 4.97. The maximum Gasteiger partial charge on any atom is 0.321 e. The van der Waals surface area contributed by atoms with Gasteiger partial charge in [0.15, 0.2) is 0 Å². The van der Waals surface area contributed by atoms with Gasteiger partial charge in [-0.3, -0.25) is 9.69 Å². The molecule has 1 aromatic heterocycles. The van der Waals surface area contributed by atoms with Crippen LogP contribution in [0.4, 0.5) is 0 Å². The molecule has 0 aliphatic heterocycles. The number of thiophene rings is 1. The van der Waals surface area contributed by atoms with E-state index in [1.54, 1.807) is 11.3 Å². The molecule has 1 heterocycles. The van der Waals surface area contributed by atoms with Crippen LogP contribution in [0.5, 0.6) is 0 Å². The lowest BCUT2D eigenvalue weighted by Crippen LogP contribution is -2.46. The summed E-state index contributed by atoms with van der Waals surface area (Å²) >= 11 is 1.70. The number of carbonyl (C=O) groups is 1. The van der Waals surface area contributed by atoms with E-state index in [9.17, 15) is 9.90 Å². The first-order chi connectivity index (χ1) is 8.09. The lowest BCUT2D eigenvalue weighted by Gasteiger charge is -2.32. The van der Waals surface area contributed by atoms with Gasteiger partial charge in [0.05, 0.1) is 0 Å². The van der Waals surface area contributed by atoms with Gasteiger partial charge in [-0.1, -0.05) is 6.07 Å². The fourth-order valence-electron chi connectivity index (χ4n) is 2.21. The van der Waals surface area contributed by atoms with E-state index in [1.165, 1.54) is 4.88 Å². The molecule has 1 aromatic rings. The molecule has 0 bridgehead atoms. The first-order valence-corrected chi connectivity index (χ1v) is 6.98. The number of hydrogen-bond acceptors (Lipinski definition) is 3. The number of nitrogens with zero attached hydrogens (tertiary/aromatic N) is 1. The van der Waals surface area contributed by atoms with Crippen molar-refractivity contribution in [2.24, 2.45) is 5.92 Å². The van der Waals surface area contributed by atoms with Crippen LogP contribution in [0.2, 0.25) is 0 Å². The molecule has 1 aliphatic carbocycles. The van der Waals surface area contributed by atoms with E-state index in [0.29, 0.717) is 5.92 Å². The van der Waals surface area contributed by atoms with Gasteiger partial charge in [0.2, 0.25) is 0 Å². The molecule has 1 N–H and O–H groups in total. The molecule has 1 saturated carbocycles. The third-order valence-electron chi connectivity index (χ3n) is 3.26. The summed E-state index contributed by atoms with van der Waals surface area (Å²) in [5, 5.41) is 11.4. The number of hydrogen-bond donors (Lipinski definition) is 1. The van der Waals surface area contributed by atoms with Crippen LogP contribution in [0, 0.1) is 5.92 Å². The van der Waals surface area contributed by atoms with Crippen LogP contribution in [0.25, 0.3) is 0 Å². The number of rotatable bonds is 6. The maximum absolute atomic E-state index is 11.4. The van der Waals surface area contributed by atoms with Crippen molar-refractivity contribution < 1.29 is 9.90 Å². The lowest BCUT2D eigenvalue weighted by atomic mass is 10.1. The monoisotopic (exact) mass is 253 g/mol. The zero-order valence-electron chi connectivity index (χ0n) is 10.3. The third kappa shape index (κ3) is 3.07. The zero-order valence-corrected chi connectivity index (χ0v) is 11.1. The van der Waals surface area contributed by atoms with Gasteiger partial charge < -0.3 is 5.11 Å². The highest BCUT2D eigenvalue weighted by molar-refractivity contribution is 7.09. The Morgan fingerprint density at radius 2 is 2.29 bits per heavy atom. The topological polar surface area (TPSA) is 40.5 Å². The van der Waals surface area contributed by atoms with Gasteiger partial charge >= 0.3 is 5.97 Å². The summed E-state index contributed by atoms with van der Waals surface area (Å²) in [5.41, 5.74) is 0. The van der Waals surface area contributed by atoms with Gasteiger partial charge in [-0.15, -0.1) is 11.3 Å². The Kier molecular flexibility index (Phi) is 3.84. The molecule has 1 atom stereocenters. The van der Waals surface area contributed by atoms with Crippen LogP contribution in [0.3, 0.4) is 0 Å². The van der Waals surface area contributed by atoms with Crippen molar-refractivity contribution in [3.63, 3.8) is 0 Å². The number of carboxylic acids is 1. The Hall–Kier alpha value is -0.870. The van der Waals surface area contributed by atoms with Gasteiger partial charge in [-0.05, 0) is 44.1 Å². The normalized spacial score (nSPS) is 17.6. The molecule has 94 valence electrons. The largest absolute Gasteiger partial charge is 0.480 e.